The Morgan fingerprint density at radius 3 is 2.12 bits per heavy atom. The Balaban J connectivity index is 2.35. The summed E-state index contributed by atoms with van der Waals surface area (Å²) in [7, 11) is 0. The Kier molecular flexibility index (Phi) is 5.21. The Labute approximate surface area is 105 Å². The minimum absolute atomic E-state index is 0.00303. The van der Waals surface area contributed by atoms with E-state index in [9.17, 15) is 14.4 Å². The summed E-state index contributed by atoms with van der Waals surface area (Å²) in [6, 6.07) is -0.414. The minimum Gasteiger partial charge on any atom is -0.339 e. The van der Waals surface area contributed by atoms with Crippen molar-refractivity contribution in [2.75, 3.05) is 32.1 Å². The van der Waals surface area contributed by atoms with Crippen LogP contribution in [0.1, 0.15) is 13.3 Å². The maximum atomic E-state index is 11.6. The lowest BCUT2D eigenvalue weighted by molar-refractivity contribution is -0.130. The molecule has 0 atom stereocenters. The Morgan fingerprint density at radius 1 is 1.12 bits per heavy atom. The number of halogens is 1. The number of nitrogens with one attached hydrogen (secondary N) is 1. The van der Waals surface area contributed by atoms with Gasteiger partial charge in [0, 0.05) is 45.4 Å². The number of rotatable bonds is 2. The third kappa shape index (κ3) is 4.22. The number of piperazine rings is 1. The highest BCUT2D eigenvalue weighted by molar-refractivity contribution is 6.19. The zero-order valence-electron chi connectivity index (χ0n) is 9.74. The predicted octanol–water partition coefficient (Wildman–Crippen LogP) is 0.0156. The van der Waals surface area contributed by atoms with E-state index in [4.69, 9.17) is 11.6 Å². The van der Waals surface area contributed by atoms with Crippen molar-refractivity contribution in [2.24, 2.45) is 0 Å². The van der Waals surface area contributed by atoms with Crippen molar-refractivity contribution in [1.29, 1.82) is 0 Å². The van der Waals surface area contributed by atoms with Crippen molar-refractivity contribution in [3.8, 4) is 0 Å². The maximum absolute atomic E-state index is 11.6. The number of carbonyl (C=O) groups excluding carboxylic acids is 3. The van der Waals surface area contributed by atoms with E-state index in [1.54, 1.807) is 4.90 Å². The molecule has 1 aliphatic rings. The first-order valence-electron chi connectivity index (χ1n) is 5.45. The normalized spacial score (nSPS) is 15.6. The summed E-state index contributed by atoms with van der Waals surface area (Å²) in [6.07, 6.45) is 0.126. The van der Waals surface area contributed by atoms with Gasteiger partial charge in [0.05, 0.1) is 0 Å². The highest BCUT2D eigenvalue weighted by Crippen LogP contribution is 2.02. The van der Waals surface area contributed by atoms with E-state index in [0.29, 0.717) is 26.2 Å². The molecule has 4 amide bonds. The minimum atomic E-state index is -0.414. The Morgan fingerprint density at radius 2 is 1.65 bits per heavy atom. The van der Waals surface area contributed by atoms with Crippen molar-refractivity contribution in [2.45, 2.75) is 13.3 Å². The zero-order chi connectivity index (χ0) is 12.8. The standard InChI is InChI=1S/C10H16ClN3O3/c1-8(15)13-4-6-14(7-5-13)10(17)12-9(16)2-3-11/h2-7H2,1H3,(H,12,16,17). The molecule has 1 N–H and O–H groups in total. The zero-order valence-corrected chi connectivity index (χ0v) is 10.5. The average molecular weight is 262 g/mol. The summed E-state index contributed by atoms with van der Waals surface area (Å²) in [5, 5.41) is 2.25. The second kappa shape index (κ2) is 6.44. The van der Waals surface area contributed by atoms with Crippen molar-refractivity contribution in [1.82, 2.24) is 15.1 Å². The summed E-state index contributed by atoms with van der Waals surface area (Å²) >= 11 is 5.39. The monoisotopic (exact) mass is 261 g/mol. The first-order valence-corrected chi connectivity index (χ1v) is 5.98. The predicted molar refractivity (Wildman–Crippen MR) is 62.7 cm³/mol. The van der Waals surface area contributed by atoms with Crippen LogP contribution >= 0.6 is 11.6 Å². The molecule has 1 heterocycles. The van der Waals surface area contributed by atoms with Crippen LogP contribution in [-0.2, 0) is 9.59 Å². The molecular formula is C10H16ClN3O3. The van der Waals surface area contributed by atoms with Crippen molar-refractivity contribution in [3.63, 3.8) is 0 Å². The maximum Gasteiger partial charge on any atom is 0.324 e. The van der Waals surface area contributed by atoms with E-state index >= 15 is 0 Å². The van der Waals surface area contributed by atoms with Crippen LogP contribution in [0.25, 0.3) is 0 Å². The number of alkyl halides is 1. The summed E-state index contributed by atoms with van der Waals surface area (Å²) in [6.45, 7) is 3.40. The van der Waals surface area contributed by atoms with Gasteiger partial charge in [-0.25, -0.2) is 4.79 Å². The third-order valence-electron chi connectivity index (χ3n) is 2.58. The third-order valence-corrected chi connectivity index (χ3v) is 2.77. The van der Waals surface area contributed by atoms with Crippen LogP contribution in [0, 0.1) is 0 Å². The number of imide groups is 1. The molecular weight excluding hydrogens is 246 g/mol. The highest BCUT2D eigenvalue weighted by atomic mass is 35.5. The molecule has 1 fully saturated rings. The summed E-state index contributed by atoms with van der Waals surface area (Å²) in [5.41, 5.74) is 0. The van der Waals surface area contributed by atoms with Gasteiger partial charge in [0.25, 0.3) is 0 Å². The molecule has 0 unspecified atom stereocenters. The number of amides is 4. The van der Waals surface area contributed by atoms with E-state index in [1.165, 1.54) is 11.8 Å². The lowest BCUT2D eigenvalue weighted by atomic mass is 10.3. The molecule has 0 bridgehead atoms. The van der Waals surface area contributed by atoms with Crippen LogP contribution in [0.3, 0.4) is 0 Å². The van der Waals surface area contributed by atoms with E-state index in [2.05, 4.69) is 5.32 Å². The van der Waals surface area contributed by atoms with Gasteiger partial charge >= 0.3 is 6.03 Å². The summed E-state index contributed by atoms with van der Waals surface area (Å²) in [5.74, 6) is -0.181. The molecule has 1 saturated heterocycles. The number of urea groups is 1. The fourth-order valence-corrected chi connectivity index (χ4v) is 1.74. The van der Waals surface area contributed by atoms with Crippen molar-refractivity contribution >= 4 is 29.4 Å². The van der Waals surface area contributed by atoms with E-state index in [1.807, 2.05) is 0 Å². The number of nitrogens with zero attached hydrogens (tertiary/aromatic N) is 2. The van der Waals surface area contributed by atoms with Crippen LogP contribution in [0.15, 0.2) is 0 Å². The first-order chi connectivity index (χ1) is 8.04. The fourth-order valence-electron chi connectivity index (χ4n) is 1.57. The SMILES string of the molecule is CC(=O)N1CCN(C(=O)NC(=O)CCCl)CC1. The van der Waals surface area contributed by atoms with Gasteiger partial charge in [-0.05, 0) is 0 Å². The van der Waals surface area contributed by atoms with Crippen molar-refractivity contribution < 1.29 is 14.4 Å². The molecule has 6 nitrogen and oxygen atoms in total. The topological polar surface area (TPSA) is 69.7 Å². The van der Waals surface area contributed by atoms with Crippen LogP contribution in [-0.4, -0.2) is 59.7 Å². The number of carbonyl (C=O) groups is 3. The average Bonchev–Trinajstić information content (AvgIpc) is 2.29. The van der Waals surface area contributed by atoms with Crippen molar-refractivity contribution in [3.05, 3.63) is 0 Å². The highest BCUT2D eigenvalue weighted by Gasteiger charge is 2.23. The van der Waals surface area contributed by atoms with Gasteiger partial charge in [-0.2, -0.15) is 0 Å². The molecule has 1 aliphatic heterocycles. The second-order valence-electron chi connectivity index (χ2n) is 3.79. The lowest BCUT2D eigenvalue weighted by Gasteiger charge is -2.33. The summed E-state index contributed by atoms with van der Waals surface area (Å²) in [4.78, 5) is 37.0. The molecule has 0 aliphatic carbocycles. The van der Waals surface area contributed by atoms with Gasteiger partial charge in [-0.3, -0.25) is 14.9 Å². The Hall–Kier alpha value is -1.30. The van der Waals surface area contributed by atoms with Gasteiger partial charge in [0.15, 0.2) is 0 Å². The molecule has 0 radical (unpaired) electrons. The summed E-state index contributed by atoms with van der Waals surface area (Å²) < 4.78 is 0. The van der Waals surface area contributed by atoms with E-state index < -0.39 is 6.03 Å². The first kappa shape index (κ1) is 13.8. The van der Waals surface area contributed by atoms with Gasteiger partial charge in [0.1, 0.15) is 0 Å². The molecule has 7 heteroatoms. The molecule has 17 heavy (non-hydrogen) atoms. The molecule has 1 rings (SSSR count). The van der Waals surface area contributed by atoms with E-state index in [0.717, 1.165) is 0 Å². The molecule has 0 saturated carbocycles. The van der Waals surface area contributed by atoms with Gasteiger partial charge < -0.3 is 9.80 Å². The second-order valence-corrected chi connectivity index (χ2v) is 4.16. The Bertz CT molecular complexity index is 314. The molecule has 0 aromatic carbocycles. The van der Waals surface area contributed by atoms with Crippen LogP contribution < -0.4 is 5.32 Å². The molecule has 0 aromatic rings. The molecule has 0 spiro atoms. The fraction of sp³-hybridized carbons (Fsp3) is 0.700. The lowest BCUT2D eigenvalue weighted by Crippen LogP contribution is -2.53. The smallest absolute Gasteiger partial charge is 0.324 e. The van der Waals surface area contributed by atoms with E-state index in [-0.39, 0.29) is 24.1 Å². The number of hydrogen-bond donors (Lipinski definition) is 1. The van der Waals surface area contributed by atoms with Crippen LogP contribution in [0.5, 0.6) is 0 Å². The van der Waals surface area contributed by atoms with Gasteiger partial charge in [-0.1, -0.05) is 0 Å². The van der Waals surface area contributed by atoms with Gasteiger partial charge in [-0.15, -0.1) is 11.6 Å². The largest absolute Gasteiger partial charge is 0.339 e. The van der Waals surface area contributed by atoms with Gasteiger partial charge in [0.2, 0.25) is 11.8 Å². The quantitative estimate of drug-likeness (QED) is 0.713. The molecule has 96 valence electrons. The van der Waals surface area contributed by atoms with Crippen LogP contribution in [0.2, 0.25) is 0 Å². The number of hydrogen-bond acceptors (Lipinski definition) is 3. The molecule has 0 aromatic heterocycles. The van der Waals surface area contributed by atoms with Crippen LogP contribution in [0.4, 0.5) is 4.79 Å².